The van der Waals surface area contributed by atoms with E-state index in [-0.39, 0.29) is 30.6 Å². The third-order valence-corrected chi connectivity index (χ3v) is 5.36. The van der Waals surface area contributed by atoms with Gasteiger partial charge < -0.3 is 15.0 Å². The molecule has 2 atom stereocenters. The fourth-order valence-electron chi connectivity index (χ4n) is 2.08. The van der Waals surface area contributed by atoms with E-state index in [1.165, 1.54) is 20.3 Å². The van der Waals surface area contributed by atoms with Crippen molar-refractivity contribution < 1.29 is 17.9 Å². The SMILES string of the molecule is CN(C)S(=O)(=O)C[C@@H]1COC[C@H]1NC(=O)c1cncc(=O)[nH]1. The van der Waals surface area contributed by atoms with Crippen molar-refractivity contribution in [2.24, 2.45) is 5.92 Å². The summed E-state index contributed by atoms with van der Waals surface area (Å²) in [5, 5.41) is 2.68. The van der Waals surface area contributed by atoms with Crippen molar-refractivity contribution in [1.82, 2.24) is 19.6 Å². The molecule has 0 radical (unpaired) electrons. The normalized spacial score (nSPS) is 22.0. The average molecular weight is 330 g/mol. The summed E-state index contributed by atoms with van der Waals surface area (Å²) in [5.41, 5.74) is -0.462. The molecule has 122 valence electrons. The lowest BCUT2D eigenvalue weighted by molar-refractivity contribution is 0.0920. The Morgan fingerprint density at radius 3 is 2.82 bits per heavy atom. The molecule has 1 aliphatic heterocycles. The van der Waals surface area contributed by atoms with Crippen LogP contribution < -0.4 is 10.9 Å². The Hall–Kier alpha value is -1.78. The molecule has 10 heteroatoms. The van der Waals surface area contributed by atoms with Gasteiger partial charge in [-0.15, -0.1) is 0 Å². The monoisotopic (exact) mass is 330 g/mol. The van der Waals surface area contributed by atoms with Gasteiger partial charge in [-0.3, -0.25) is 14.6 Å². The molecule has 0 unspecified atom stereocenters. The van der Waals surface area contributed by atoms with Crippen LogP contribution in [0.15, 0.2) is 17.2 Å². The standard InChI is InChI=1S/C12H18N4O5S/c1-16(2)22(19,20)7-8-5-21-6-10(8)15-12(18)9-3-13-4-11(17)14-9/h3-4,8,10H,5-7H2,1-2H3,(H,14,17)(H,15,18)/t8-,10+/m0/s1. The first-order valence-corrected chi connectivity index (χ1v) is 8.23. The third-order valence-electron chi connectivity index (χ3n) is 3.39. The van der Waals surface area contributed by atoms with Crippen LogP contribution in [-0.4, -0.2) is 67.7 Å². The number of aromatic amines is 1. The second-order valence-electron chi connectivity index (χ2n) is 5.25. The molecule has 0 saturated carbocycles. The average Bonchev–Trinajstić information content (AvgIpc) is 2.85. The number of amides is 1. The summed E-state index contributed by atoms with van der Waals surface area (Å²) in [6, 6.07) is -0.439. The quantitative estimate of drug-likeness (QED) is 0.671. The zero-order chi connectivity index (χ0) is 16.3. The van der Waals surface area contributed by atoms with Gasteiger partial charge in [0.05, 0.1) is 37.4 Å². The number of H-pyrrole nitrogens is 1. The van der Waals surface area contributed by atoms with Gasteiger partial charge in [0, 0.05) is 20.0 Å². The lowest BCUT2D eigenvalue weighted by atomic mass is 10.1. The highest BCUT2D eigenvalue weighted by atomic mass is 32.2. The van der Waals surface area contributed by atoms with Gasteiger partial charge in [0.1, 0.15) is 5.69 Å². The van der Waals surface area contributed by atoms with Crippen LogP contribution in [0.5, 0.6) is 0 Å². The van der Waals surface area contributed by atoms with E-state index in [9.17, 15) is 18.0 Å². The van der Waals surface area contributed by atoms with Crippen LogP contribution in [0.3, 0.4) is 0 Å². The van der Waals surface area contributed by atoms with Gasteiger partial charge in [0.15, 0.2) is 0 Å². The van der Waals surface area contributed by atoms with E-state index in [4.69, 9.17) is 4.74 Å². The Morgan fingerprint density at radius 2 is 2.18 bits per heavy atom. The maximum Gasteiger partial charge on any atom is 0.269 e. The van der Waals surface area contributed by atoms with Crippen LogP contribution in [0.1, 0.15) is 10.5 Å². The summed E-state index contributed by atoms with van der Waals surface area (Å²) >= 11 is 0. The van der Waals surface area contributed by atoms with Gasteiger partial charge >= 0.3 is 0 Å². The van der Waals surface area contributed by atoms with E-state index < -0.39 is 27.5 Å². The molecular formula is C12H18N4O5S. The first kappa shape index (κ1) is 16.6. The number of sulfonamides is 1. The van der Waals surface area contributed by atoms with Crippen LogP contribution >= 0.6 is 0 Å². The summed E-state index contributed by atoms with van der Waals surface area (Å²) in [6.45, 7) is 0.478. The number of ether oxygens (including phenoxy) is 1. The van der Waals surface area contributed by atoms with E-state index >= 15 is 0 Å². The fourth-order valence-corrected chi connectivity index (χ4v) is 3.25. The van der Waals surface area contributed by atoms with Crippen LogP contribution in [0.4, 0.5) is 0 Å². The van der Waals surface area contributed by atoms with Gasteiger partial charge in [-0.05, 0) is 0 Å². The summed E-state index contributed by atoms with van der Waals surface area (Å²) < 4.78 is 30.3. The molecule has 1 aliphatic rings. The van der Waals surface area contributed by atoms with E-state index in [0.29, 0.717) is 0 Å². The highest BCUT2D eigenvalue weighted by Crippen LogP contribution is 2.17. The zero-order valence-electron chi connectivity index (χ0n) is 12.3. The van der Waals surface area contributed by atoms with Crippen LogP contribution in [-0.2, 0) is 14.8 Å². The van der Waals surface area contributed by atoms with E-state index in [1.807, 2.05) is 0 Å². The molecule has 2 heterocycles. The predicted octanol–water partition coefficient (Wildman–Crippen LogP) is -1.59. The molecule has 1 saturated heterocycles. The highest BCUT2D eigenvalue weighted by molar-refractivity contribution is 7.89. The lowest BCUT2D eigenvalue weighted by Crippen LogP contribution is -2.44. The van der Waals surface area contributed by atoms with Crippen molar-refractivity contribution in [3.8, 4) is 0 Å². The van der Waals surface area contributed by atoms with Crippen molar-refractivity contribution in [2.75, 3.05) is 33.1 Å². The molecule has 0 aliphatic carbocycles. The Labute approximate surface area is 127 Å². The summed E-state index contributed by atoms with van der Waals surface area (Å²) in [4.78, 5) is 29.2. The number of hydrogen-bond acceptors (Lipinski definition) is 6. The molecule has 1 fully saturated rings. The van der Waals surface area contributed by atoms with E-state index in [0.717, 1.165) is 10.5 Å². The summed E-state index contributed by atoms with van der Waals surface area (Å²) in [7, 11) is -0.475. The minimum atomic E-state index is -3.39. The van der Waals surface area contributed by atoms with Crippen molar-refractivity contribution in [3.05, 3.63) is 28.4 Å². The van der Waals surface area contributed by atoms with Crippen LogP contribution in [0.25, 0.3) is 0 Å². The summed E-state index contributed by atoms with van der Waals surface area (Å²) in [5.74, 6) is -0.984. The first-order chi connectivity index (χ1) is 10.3. The molecule has 1 aromatic heterocycles. The van der Waals surface area contributed by atoms with Crippen molar-refractivity contribution in [3.63, 3.8) is 0 Å². The summed E-state index contributed by atoms with van der Waals surface area (Å²) in [6.07, 6.45) is 2.29. The largest absolute Gasteiger partial charge is 0.379 e. The Balaban J connectivity index is 2.05. The molecule has 1 amide bonds. The number of aromatic nitrogens is 2. The second kappa shape index (κ2) is 6.55. The maximum atomic E-state index is 12.1. The van der Waals surface area contributed by atoms with E-state index in [1.54, 1.807) is 0 Å². The van der Waals surface area contributed by atoms with Gasteiger partial charge in [-0.1, -0.05) is 0 Å². The molecule has 0 spiro atoms. The Kier molecular flexibility index (Phi) is 4.94. The molecule has 9 nitrogen and oxygen atoms in total. The molecule has 1 aromatic rings. The molecule has 0 bridgehead atoms. The maximum absolute atomic E-state index is 12.1. The van der Waals surface area contributed by atoms with Gasteiger partial charge in [-0.2, -0.15) is 0 Å². The van der Waals surface area contributed by atoms with Crippen molar-refractivity contribution in [2.45, 2.75) is 6.04 Å². The first-order valence-electron chi connectivity index (χ1n) is 6.63. The number of hydrogen-bond donors (Lipinski definition) is 2. The van der Waals surface area contributed by atoms with Gasteiger partial charge in [0.25, 0.3) is 11.5 Å². The third kappa shape index (κ3) is 3.90. The number of carbonyl (C=O) groups is 1. The molecule has 0 aromatic carbocycles. The predicted molar refractivity (Wildman–Crippen MR) is 77.9 cm³/mol. The van der Waals surface area contributed by atoms with Gasteiger partial charge in [-0.25, -0.2) is 12.7 Å². The topological polar surface area (TPSA) is 121 Å². The van der Waals surface area contributed by atoms with Crippen LogP contribution in [0, 0.1) is 5.92 Å². The lowest BCUT2D eigenvalue weighted by Gasteiger charge is -2.20. The molecule has 2 rings (SSSR count). The Bertz CT molecular complexity index is 699. The number of nitrogens with one attached hydrogen (secondary N) is 2. The minimum Gasteiger partial charge on any atom is -0.379 e. The second-order valence-corrected chi connectivity index (χ2v) is 7.48. The van der Waals surface area contributed by atoms with Crippen LogP contribution in [0.2, 0.25) is 0 Å². The zero-order valence-corrected chi connectivity index (χ0v) is 13.1. The van der Waals surface area contributed by atoms with Gasteiger partial charge in [0.2, 0.25) is 10.0 Å². The highest BCUT2D eigenvalue weighted by Gasteiger charge is 2.34. The molecule has 2 N–H and O–H groups in total. The Morgan fingerprint density at radius 1 is 1.45 bits per heavy atom. The molecular weight excluding hydrogens is 312 g/mol. The number of nitrogens with zero attached hydrogens (tertiary/aromatic N) is 2. The smallest absolute Gasteiger partial charge is 0.269 e. The van der Waals surface area contributed by atoms with E-state index in [2.05, 4.69) is 15.3 Å². The fraction of sp³-hybridized carbons (Fsp3) is 0.583. The number of carbonyl (C=O) groups excluding carboxylic acids is 1. The van der Waals surface area contributed by atoms with Crippen molar-refractivity contribution >= 4 is 15.9 Å². The minimum absolute atomic E-state index is 0.0219. The molecule has 22 heavy (non-hydrogen) atoms. The van der Waals surface area contributed by atoms with Crippen molar-refractivity contribution in [1.29, 1.82) is 0 Å². The number of rotatable bonds is 5.